The van der Waals surface area contributed by atoms with Crippen molar-refractivity contribution in [3.05, 3.63) is 23.5 Å². The van der Waals surface area contributed by atoms with Gasteiger partial charge in [-0.2, -0.15) is 0 Å². The van der Waals surface area contributed by atoms with Gasteiger partial charge in [-0.3, -0.25) is 4.98 Å². The van der Waals surface area contributed by atoms with Crippen molar-refractivity contribution in [3.63, 3.8) is 0 Å². The van der Waals surface area contributed by atoms with Crippen LogP contribution in [0.2, 0.25) is 0 Å². The van der Waals surface area contributed by atoms with Crippen molar-refractivity contribution in [2.45, 2.75) is 13.0 Å². The van der Waals surface area contributed by atoms with Crippen LogP contribution in [0.1, 0.15) is 17.5 Å². The van der Waals surface area contributed by atoms with Crippen molar-refractivity contribution in [3.8, 4) is 0 Å². The molecule has 1 atom stereocenters. The van der Waals surface area contributed by atoms with E-state index in [2.05, 4.69) is 10.3 Å². The highest BCUT2D eigenvalue weighted by atomic mass is 16.5. The zero-order valence-electron chi connectivity index (χ0n) is 8.29. The number of aryl methyl sites for hydroxylation is 1. The van der Waals surface area contributed by atoms with Gasteiger partial charge in [0.1, 0.15) is 6.10 Å². The molecule has 0 saturated carbocycles. The third-order valence-electron chi connectivity index (χ3n) is 2.25. The Morgan fingerprint density at radius 3 is 3.07 bits per heavy atom. The molecule has 2 rings (SSSR count). The van der Waals surface area contributed by atoms with Crippen LogP contribution in [0.3, 0.4) is 0 Å². The Bertz CT molecular complexity index is 301. The molecule has 1 aliphatic rings. The number of hydrogen-bond donors (Lipinski definition) is 2. The Morgan fingerprint density at radius 1 is 1.57 bits per heavy atom. The van der Waals surface area contributed by atoms with Gasteiger partial charge < -0.3 is 15.8 Å². The number of rotatable bonds is 1. The zero-order chi connectivity index (χ0) is 9.97. The third-order valence-corrected chi connectivity index (χ3v) is 2.25. The Kier molecular flexibility index (Phi) is 2.65. The van der Waals surface area contributed by atoms with Gasteiger partial charge in [0.15, 0.2) is 0 Å². The molecule has 76 valence electrons. The van der Waals surface area contributed by atoms with E-state index in [1.165, 1.54) is 0 Å². The van der Waals surface area contributed by atoms with Crippen molar-refractivity contribution in [1.29, 1.82) is 0 Å². The third kappa shape index (κ3) is 2.02. The van der Waals surface area contributed by atoms with Crippen LogP contribution in [0.4, 0.5) is 5.69 Å². The summed E-state index contributed by atoms with van der Waals surface area (Å²) in [6, 6.07) is 3.74. The van der Waals surface area contributed by atoms with Crippen LogP contribution in [-0.2, 0) is 4.74 Å². The van der Waals surface area contributed by atoms with Gasteiger partial charge in [-0.15, -0.1) is 0 Å². The summed E-state index contributed by atoms with van der Waals surface area (Å²) in [6.45, 7) is 4.41. The smallest absolute Gasteiger partial charge is 0.112 e. The van der Waals surface area contributed by atoms with Crippen molar-refractivity contribution in [2.24, 2.45) is 0 Å². The van der Waals surface area contributed by atoms with E-state index >= 15 is 0 Å². The highest BCUT2D eigenvalue weighted by Crippen LogP contribution is 2.19. The van der Waals surface area contributed by atoms with Crippen LogP contribution in [-0.4, -0.2) is 24.7 Å². The fourth-order valence-electron chi connectivity index (χ4n) is 1.64. The number of nitrogen functional groups attached to an aromatic ring is 1. The van der Waals surface area contributed by atoms with Crippen molar-refractivity contribution in [2.75, 3.05) is 25.4 Å². The SMILES string of the molecule is Cc1cc(N)cc([C@@H]2CNCCO2)n1. The van der Waals surface area contributed by atoms with E-state index in [9.17, 15) is 0 Å². The molecular formula is C10H15N3O. The van der Waals surface area contributed by atoms with Crippen LogP contribution >= 0.6 is 0 Å². The van der Waals surface area contributed by atoms with E-state index in [1.54, 1.807) is 0 Å². The van der Waals surface area contributed by atoms with Gasteiger partial charge in [-0.05, 0) is 19.1 Å². The molecule has 1 aromatic heterocycles. The predicted octanol–water partition coefficient (Wildman–Crippen LogP) is 0.633. The molecule has 1 fully saturated rings. The lowest BCUT2D eigenvalue weighted by Gasteiger charge is -2.23. The molecular weight excluding hydrogens is 178 g/mol. The van der Waals surface area contributed by atoms with Crippen molar-refractivity contribution >= 4 is 5.69 Å². The van der Waals surface area contributed by atoms with E-state index < -0.39 is 0 Å². The number of nitrogens with zero attached hydrogens (tertiary/aromatic N) is 1. The lowest BCUT2D eigenvalue weighted by Crippen LogP contribution is -2.33. The second-order valence-corrected chi connectivity index (χ2v) is 3.53. The van der Waals surface area contributed by atoms with E-state index in [0.29, 0.717) is 0 Å². The minimum Gasteiger partial charge on any atom is -0.399 e. The Balaban J connectivity index is 2.21. The molecule has 2 heterocycles. The maximum atomic E-state index is 5.75. The average molecular weight is 193 g/mol. The fraction of sp³-hybridized carbons (Fsp3) is 0.500. The summed E-state index contributed by atoms with van der Waals surface area (Å²) in [4.78, 5) is 4.41. The number of pyridine rings is 1. The molecule has 0 amide bonds. The maximum Gasteiger partial charge on any atom is 0.112 e. The lowest BCUT2D eigenvalue weighted by molar-refractivity contribution is 0.0250. The number of anilines is 1. The summed E-state index contributed by atoms with van der Waals surface area (Å²) >= 11 is 0. The first kappa shape index (κ1) is 9.43. The second kappa shape index (κ2) is 3.94. The second-order valence-electron chi connectivity index (χ2n) is 3.53. The topological polar surface area (TPSA) is 60.2 Å². The molecule has 0 radical (unpaired) electrons. The van der Waals surface area contributed by atoms with Crippen LogP contribution in [0.15, 0.2) is 12.1 Å². The summed E-state index contributed by atoms with van der Waals surface area (Å²) in [5, 5.41) is 3.27. The number of nitrogens with two attached hydrogens (primary N) is 1. The summed E-state index contributed by atoms with van der Waals surface area (Å²) in [5.74, 6) is 0. The molecule has 0 aliphatic carbocycles. The molecule has 14 heavy (non-hydrogen) atoms. The minimum absolute atomic E-state index is 0.0472. The molecule has 1 saturated heterocycles. The Morgan fingerprint density at radius 2 is 2.43 bits per heavy atom. The number of hydrogen-bond acceptors (Lipinski definition) is 4. The van der Waals surface area contributed by atoms with Gasteiger partial charge in [-0.1, -0.05) is 0 Å². The molecule has 1 aliphatic heterocycles. The first-order valence-electron chi connectivity index (χ1n) is 4.82. The normalized spacial score (nSPS) is 22.2. The summed E-state index contributed by atoms with van der Waals surface area (Å²) < 4.78 is 5.59. The van der Waals surface area contributed by atoms with Gasteiger partial charge >= 0.3 is 0 Å². The monoisotopic (exact) mass is 193 g/mol. The predicted molar refractivity (Wildman–Crippen MR) is 54.9 cm³/mol. The zero-order valence-corrected chi connectivity index (χ0v) is 8.29. The number of morpholine rings is 1. The van der Waals surface area contributed by atoms with Gasteiger partial charge in [-0.25, -0.2) is 0 Å². The summed E-state index contributed by atoms with van der Waals surface area (Å²) in [7, 11) is 0. The Hall–Kier alpha value is -1.13. The highest BCUT2D eigenvalue weighted by molar-refractivity contribution is 5.40. The van der Waals surface area contributed by atoms with Crippen LogP contribution in [0.5, 0.6) is 0 Å². The molecule has 4 heteroatoms. The Labute approximate surface area is 83.5 Å². The number of nitrogens with one attached hydrogen (secondary N) is 1. The highest BCUT2D eigenvalue weighted by Gasteiger charge is 2.17. The molecule has 0 spiro atoms. The molecule has 0 aromatic carbocycles. The van der Waals surface area contributed by atoms with Gasteiger partial charge in [0.05, 0.1) is 12.3 Å². The first-order valence-corrected chi connectivity index (χ1v) is 4.82. The van der Waals surface area contributed by atoms with Gasteiger partial charge in [0.2, 0.25) is 0 Å². The molecule has 1 aromatic rings. The van der Waals surface area contributed by atoms with E-state index in [-0.39, 0.29) is 6.10 Å². The van der Waals surface area contributed by atoms with E-state index in [0.717, 1.165) is 36.8 Å². The minimum atomic E-state index is 0.0472. The van der Waals surface area contributed by atoms with Gasteiger partial charge in [0.25, 0.3) is 0 Å². The maximum absolute atomic E-state index is 5.75. The summed E-state index contributed by atoms with van der Waals surface area (Å²) in [5.41, 5.74) is 8.37. The first-order chi connectivity index (χ1) is 6.75. The van der Waals surface area contributed by atoms with Crippen LogP contribution in [0.25, 0.3) is 0 Å². The molecule has 4 nitrogen and oxygen atoms in total. The van der Waals surface area contributed by atoms with Crippen molar-refractivity contribution < 1.29 is 4.74 Å². The molecule has 3 N–H and O–H groups in total. The fourth-order valence-corrected chi connectivity index (χ4v) is 1.64. The summed E-state index contributed by atoms with van der Waals surface area (Å²) in [6.07, 6.45) is 0.0472. The quantitative estimate of drug-likeness (QED) is 0.687. The number of ether oxygens (including phenoxy) is 1. The van der Waals surface area contributed by atoms with E-state index in [1.807, 2.05) is 19.1 Å². The number of aromatic nitrogens is 1. The van der Waals surface area contributed by atoms with Crippen LogP contribution in [0, 0.1) is 6.92 Å². The molecule has 0 unspecified atom stereocenters. The van der Waals surface area contributed by atoms with Crippen LogP contribution < -0.4 is 11.1 Å². The van der Waals surface area contributed by atoms with Gasteiger partial charge in [0, 0.05) is 24.5 Å². The lowest BCUT2D eigenvalue weighted by atomic mass is 10.2. The van der Waals surface area contributed by atoms with Crippen molar-refractivity contribution in [1.82, 2.24) is 10.3 Å². The molecule has 0 bridgehead atoms. The van der Waals surface area contributed by atoms with E-state index in [4.69, 9.17) is 10.5 Å². The largest absolute Gasteiger partial charge is 0.399 e. The average Bonchev–Trinajstić information content (AvgIpc) is 2.18. The standard InChI is InChI=1S/C10H15N3O/c1-7-4-8(11)5-9(13-7)10-6-12-2-3-14-10/h4-5,10,12H,2-3,6H2,1H3,(H2,11,13)/t10-/m0/s1.